The molecule has 0 fully saturated rings. The van der Waals surface area contributed by atoms with Crippen molar-refractivity contribution >= 4 is 34.5 Å². The largest absolute Gasteiger partial charge is 0.305 e. The Morgan fingerprint density at radius 3 is 2.36 bits per heavy atom. The monoisotopic (exact) mass is 336 g/mol. The average Bonchev–Trinajstić information content (AvgIpc) is 2.96. The van der Waals surface area contributed by atoms with E-state index in [9.17, 15) is 4.79 Å². The predicted octanol–water partition coefficient (Wildman–Crippen LogP) is 4.35. The molecule has 0 atom stereocenters. The number of aryl methyl sites for hydroxylation is 3. The highest BCUT2D eigenvalue weighted by Gasteiger charge is 2.21. The normalized spacial score (nSPS) is 10.7. The van der Waals surface area contributed by atoms with Gasteiger partial charge in [0.1, 0.15) is 5.88 Å². The van der Waals surface area contributed by atoms with E-state index in [1.807, 2.05) is 12.3 Å². The first-order chi connectivity index (χ1) is 10.6. The number of alkyl halides is 1. The number of thiazole rings is 1. The lowest BCUT2D eigenvalue weighted by atomic mass is 10.0. The number of rotatable bonds is 6. The molecule has 0 unspecified atom stereocenters. The first-order valence-corrected chi connectivity index (χ1v) is 8.90. The first-order valence-electron chi connectivity index (χ1n) is 7.48. The Morgan fingerprint density at radius 1 is 1.27 bits per heavy atom. The third-order valence-corrected chi connectivity index (χ3v) is 4.69. The fourth-order valence-corrected chi connectivity index (χ4v) is 3.32. The highest BCUT2D eigenvalue weighted by molar-refractivity contribution is 7.09. The van der Waals surface area contributed by atoms with Crippen LogP contribution in [0.15, 0.2) is 23.6 Å². The summed E-state index contributed by atoms with van der Waals surface area (Å²) in [6, 6.07) is 6.21. The van der Waals surface area contributed by atoms with E-state index < -0.39 is 0 Å². The zero-order valence-electron chi connectivity index (χ0n) is 13.2. The fourth-order valence-electron chi connectivity index (χ4n) is 2.57. The molecule has 0 saturated heterocycles. The summed E-state index contributed by atoms with van der Waals surface area (Å²) < 4.78 is 0. The van der Waals surface area contributed by atoms with Crippen molar-refractivity contribution < 1.29 is 4.79 Å². The summed E-state index contributed by atoms with van der Waals surface area (Å²) in [5.41, 5.74) is 4.26. The fraction of sp³-hybridized carbons (Fsp3) is 0.412. The minimum atomic E-state index is -0.0806. The number of para-hydroxylation sites is 1. The molecular formula is C17H21ClN2OS. The summed E-state index contributed by atoms with van der Waals surface area (Å²) in [7, 11) is 0. The second-order valence-electron chi connectivity index (χ2n) is 5.10. The molecule has 1 amide bonds. The van der Waals surface area contributed by atoms with E-state index in [0.717, 1.165) is 29.2 Å². The van der Waals surface area contributed by atoms with Gasteiger partial charge in [0.25, 0.3) is 0 Å². The molecule has 3 nitrogen and oxygen atoms in total. The number of anilines is 1. The van der Waals surface area contributed by atoms with Gasteiger partial charge in [-0.2, -0.15) is 0 Å². The van der Waals surface area contributed by atoms with Crippen LogP contribution < -0.4 is 4.90 Å². The van der Waals surface area contributed by atoms with Gasteiger partial charge in [0.05, 0.1) is 22.9 Å². The molecule has 2 aromatic rings. The maximum absolute atomic E-state index is 12.4. The maximum atomic E-state index is 12.4. The van der Waals surface area contributed by atoms with Gasteiger partial charge in [-0.1, -0.05) is 32.0 Å². The van der Waals surface area contributed by atoms with E-state index in [2.05, 4.69) is 37.0 Å². The molecule has 22 heavy (non-hydrogen) atoms. The molecule has 0 aliphatic heterocycles. The van der Waals surface area contributed by atoms with Gasteiger partial charge >= 0.3 is 0 Å². The average molecular weight is 337 g/mol. The summed E-state index contributed by atoms with van der Waals surface area (Å²) >= 11 is 7.45. The molecule has 0 saturated carbocycles. The lowest BCUT2D eigenvalue weighted by Gasteiger charge is -2.26. The van der Waals surface area contributed by atoms with Gasteiger partial charge in [-0.15, -0.1) is 22.9 Å². The van der Waals surface area contributed by atoms with Crippen molar-refractivity contribution in [1.82, 2.24) is 4.98 Å². The number of hydrogen-bond donors (Lipinski definition) is 0. The highest BCUT2D eigenvalue weighted by Crippen LogP contribution is 2.29. The van der Waals surface area contributed by atoms with Gasteiger partial charge in [-0.05, 0) is 30.9 Å². The summed E-state index contributed by atoms with van der Waals surface area (Å²) in [6.07, 6.45) is 1.76. The van der Waals surface area contributed by atoms with Crippen molar-refractivity contribution in [3.05, 3.63) is 45.4 Å². The molecule has 1 heterocycles. The van der Waals surface area contributed by atoms with Crippen molar-refractivity contribution in [1.29, 1.82) is 0 Å². The van der Waals surface area contributed by atoms with Gasteiger partial charge in [0.2, 0.25) is 5.91 Å². The van der Waals surface area contributed by atoms with Crippen LogP contribution in [0, 0.1) is 6.92 Å². The zero-order valence-corrected chi connectivity index (χ0v) is 14.8. The van der Waals surface area contributed by atoms with E-state index in [0.29, 0.717) is 6.54 Å². The van der Waals surface area contributed by atoms with E-state index in [-0.39, 0.29) is 11.8 Å². The maximum Gasteiger partial charge on any atom is 0.242 e. The Balaban J connectivity index is 2.47. The first kappa shape index (κ1) is 17.0. The molecule has 5 heteroatoms. The summed E-state index contributed by atoms with van der Waals surface area (Å²) in [4.78, 5) is 18.7. The van der Waals surface area contributed by atoms with Crippen molar-refractivity contribution in [3.63, 3.8) is 0 Å². The second kappa shape index (κ2) is 7.75. The predicted molar refractivity (Wildman–Crippen MR) is 94.0 cm³/mol. The Morgan fingerprint density at radius 2 is 1.91 bits per heavy atom. The number of amides is 1. The van der Waals surface area contributed by atoms with Crippen LogP contribution in [0.4, 0.5) is 5.69 Å². The van der Waals surface area contributed by atoms with Crippen LogP contribution >= 0.6 is 22.9 Å². The molecule has 0 spiro atoms. The third-order valence-electron chi connectivity index (χ3n) is 3.64. The summed E-state index contributed by atoms with van der Waals surface area (Å²) in [5.74, 6) is -0.104. The number of carbonyl (C=O) groups is 1. The Bertz CT molecular complexity index is 632. The summed E-state index contributed by atoms with van der Waals surface area (Å²) in [6.45, 7) is 6.66. The minimum absolute atomic E-state index is 0.0235. The lowest BCUT2D eigenvalue weighted by Crippen LogP contribution is -2.33. The zero-order chi connectivity index (χ0) is 16.1. The van der Waals surface area contributed by atoms with Crippen LogP contribution in [0.2, 0.25) is 0 Å². The number of aromatic nitrogens is 1. The standard InChI is InChI=1S/C17H21ClN2OS/c1-4-13-7-6-8-14(5-2)17(13)20(16(21)9-18)10-15-11-22-12(3)19-15/h6-8,11H,4-5,9-10H2,1-3H3. The van der Waals surface area contributed by atoms with E-state index in [4.69, 9.17) is 11.6 Å². The van der Waals surface area contributed by atoms with Gasteiger partial charge in [-0.3, -0.25) is 4.79 Å². The SMILES string of the molecule is CCc1cccc(CC)c1N(Cc1csc(C)n1)C(=O)CCl. The molecular weight excluding hydrogens is 316 g/mol. The molecule has 0 N–H and O–H groups in total. The number of hydrogen-bond acceptors (Lipinski definition) is 3. The second-order valence-corrected chi connectivity index (χ2v) is 6.43. The number of benzene rings is 1. The Labute approximate surface area is 140 Å². The van der Waals surface area contributed by atoms with Crippen LogP contribution in [-0.4, -0.2) is 16.8 Å². The molecule has 2 rings (SSSR count). The quantitative estimate of drug-likeness (QED) is 0.735. The van der Waals surface area contributed by atoms with Crippen LogP contribution in [0.5, 0.6) is 0 Å². The molecule has 0 radical (unpaired) electrons. The van der Waals surface area contributed by atoms with E-state index >= 15 is 0 Å². The summed E-state index contributed by atoms with van der Waals surface area (Å²) in [5, 5.41) is 3.01. The third kappa shape index (κ3) is 3.68. The van der Waals surface area contributed by atoms with Crippen LogP contribution in [-0.2, 0) is 24.2 Å². The van der Waals surface area contributed by atoms with Gasteiger partial charge in [0.15, 0.2) is 0 Å². The Kier molecular flexibility index (Phi) is 5.98. The van der Waals surface area contributed by atoms with Crippen LogP contribution in [0.25, 0.3) is 0 Å². The topological polar surface area (TPSA) is 33.2 Å². The number of carbonyl (C=O) groups excluding carboxylic acids is 1. The number of halogens is 1. The smallest absolute Gasteiger partial charge is 0.242 e. The van der Waals surface area contributed by atoms with E-state index in [1.165, 1.54) is 11.1 Å². The van der Waals surface area contributed by atoms with E-state index in [1.54, 1.807) is 16.2 Å². The van der Waals surface area contributed by atoms with Crippen LogP contribution in [0.1, 0.15) is 35.7 Å². The molecule has 118 valence electrons. The van der Waals surface area contributed by atoms with Crippen molar-refractivity contribution in [2.45, 2.75) is 40.2 Å². The van der Waals surface area contributed by atoms with Gasteiger partial charge in [-0.25, -0.2) is 4.98 Å². The Hall–Kier alpha value is -1.39. The molecule has 0 aliphatic rings. The van der Waals surface area contributed by atoms with Crippen molar-refractivity contribution in [2.24, 2.45) is 0 Å². The van der Waals surface area contributed by atoms with Gasteiger partial charge in [0, 0.05) is 5.38 Å². The highest BCUT2D eigenvalue weighted by atomic mass is 35.5. The number of nitrogens with zero attached hydrogens (tertiary/aromatic N) is 2. The minimum Gasteiger partial charge on any atom is -0.305 e. The van der Waals surface area contributed by atoms with Gasteiger partial charge < -0.3 is 4.90 Å². The molecule has 0 bridgehead atoms. The molecule has 1 aromatic heterocycles. The van der Waals surface area contributed by atoms with Crippen molar-refractivity contribution in [2.75, 3.05) is 10.8 Å². The molecule has 0 aliphatic carbocycles. The lowest BCUT2D eigenvalue weighted by molar-refractivity contribution is -0.116. The van der Waals surface area contributed by atoms with Crippen molar-refractivity contribution in [3.8, 4) is 0 Å². The van der Waals surface area contributed by atoms with Crippen LogP contribution in [0.3, 0.4) is 0 Å². The molecule has 1 aromatic carbocycles.